The van der Waals surface area contributed by atoms with Crippen LogP contribution in [-0.2, 0) is 0 Å². The van der Waals surface area contributed by atoms with Crippen LogP contribution in [0.15, 0.2) is 48.6 Å². The van der Waals surface area contributed by atoms with Gasteiger partial charge in [0.05, 0.1) is 0 Å². The van der Waals surface area contributed by atoms with Crippen molar-refractivity contribution in [3.63, 3.8) is 0 Å². The molecule has 0 unspecified atom stereocenters. The number of thiophene rings is 1. The van der Waals surface area contributed by atoms with Crippen LogP contribution in [-0.4, -0.2) is 38.1 Å². The summed E-state index contributed by atoms with van der Waals surface area (Å²) in [4.78, 5) is 2.38. The Balaban J connectivity index is 1.62. The topological polar surface area (TPSA) is 15.3 Å². The second-order valence-electron chi connectivity index (χ2n) is 7.45. The van der Waals surface area contributed by atoms with Crippen molar-refractivity contribution in [2.75, 3.05) is 33.2 Å². The number of hydrogen-bond donors (Lipinski definition) is 1. The van der Waals surface area contributed by atoms with Gasteiger partial charge in [-0.25, -0.2) is 0 Å². The first-order valence-electron chi connectivity index (χ1n) is 9.52. The van der Waals surface area contributed by atoms with E-state index >= 15 is 0 Å². The molecule has 3 heterocycles. The fourth-order valence-electron chi connectivity index (χ4n) is 4.09. The van der Waals surface area contributed by atoms with Gasteiger partial charge in [-0.05, 0) is 73.0 Å². The third kappa shape index (κ3) is 2.90. The highest BCUT2D eigenvalue weighted by Gasteiger charge is 2.13. The van der Waals surface area contributed by atoms with Crippen LogP contribution in [0.2, 0.25) is 0 Å². The largest absolute Gasteiger partial charge is 0.313 e. The minimum Gasteiger partial charge on any atom is -0.313 e. The minimum absolute atomic E-state index is 0.991. The van der Waals surface area contributed by atoms with Crippen molar-refractivity contribution < 1.29 is 0 Å². The fourth-order valence-corrected chi connectivity index (χ4v) is 5.16. The molecule has 3 heteroatoms. The molecule has 26 heavy (non-hydrogen) atoms. The second kappa shape index (κ2) is 6.66. The Morgan fingerprint density at radius 3 is 2.15 bits per heavy atom. The van der Waals surface area contributed by atoms with Gasteiger partial charge in [0.2, 0.25) is 0 Å². The third-order valence-electron chi connectivity index (χ3n) is 5.69. The van der Waals surface area contributed by atoms with Crippen molar-refractivity contribution in [3.8, 4) is 0 Å². The summed E-state index contributed by atoms with van der Waals surface area (Å²) in [6.45, 7) is 4.29. The highest BCUT2D eigenvalue weighted by Crippen LogP contribution is 2.38. The molecule has 2 nitrogen and oxygen atoms in total. The van der Waals surface area contributed by atoms with E-state index in [4.69, 9.17) is 0 Å². The van der Waals surface area contributed by atoms with Crippen molar-refractivity contribution in [2.45, 2.75) is 12.8 Å². The third-order valence-corrected chi connectivity index (χ3v) is 6.84. The first-order valence-corrected chi connectivity index (χ1v) is 10.3. The van der Waals surface area contributed by atoms with Gasteiger partial charge in [-0.1, -0.05) is 24.3 Å². The normalized spacial score (nSPS) is 19.0. The van der Waals surface area contributed by atoms with Crippen molar-refractivity contribution >= 4 is 42.7 Å². The van der Waals surface area contributed by atoms with Gasteiger partial charge in [0.25, 0.3) is 0 Å². The Morgan fingerprint density at radius 2 is 1.58 bits per heavy atom. The maximum absolute atomic E-state index is 3.41. The fraction of sp³-hybridized carbons (Fsp3) is 0.304. The molecular formula is C23H24N2S. The lowest BCUT2D eigenvalue weighted by molar-refractivity contribution is 0.370. The van der Waals surface area contributed by atoms with E-state index in [1.165, 1.54) is 42.4 Å². The van der Waals surface area contributed by atoms with Gasteiger partial charge in [-0.3, -0.25) is 0 Å². The number of benzene rings is 2. The summed E-state index contributed by atoms with van der Waals surface area (Å²) < 4.78 is 2.79. The van der Waals surface area contributed by atoms with Crippen LogP contribution in [0.25, 0.3) is 31.3 Å². The van der Waals surface area contributed by atoms with E-state index in [0.29, 0.717) is 0 Å². The van der Waals surface area contributed by atoms with E-state index in [-0.39, 0.29) is 0 Å². The standard InChI is InChI=1S/C23H24N2S/c1-25-12-8-17(9-13-25)19-3-5-23-21(15-19)20-14-18(2-4-22(20)26-23)16-6-10-24-11-7-16/h2-6,8,14-15,24H,7,9-13H2,1H3. The number of rotatable bonds is 2. The quantitative estimate of drug-likeness (QED) is 0.680. The predicted molar refractivity (Wildman–Crippen MR) is 115 cm³/mol. The lowest BCUT2D eigenvalue weighted by Gasteiger charge is -2.22. The number of hydrogen-bond acceptors (Lipinski definition) is 3. The summed E-state index contributed by atoms with van der Waals surface area (Å²) in [5, 5.41) is 6.24. The number of nitrogens with zero attached hydrogens (tertiary/aromatic N) is 1. The van der Waals surface area contributed by atoms with Crippen LogP contribution in [0.4, 0.5) is 0 Å². The number of likely N-dealkylation sites (N-methyl/N-ethyl adjacent to an activating group) is 1. The summed E-state index contributed by atoms with van der Waals surface area (Å²) in [5.41, 5.74) is 5.78. The molecule has 0 aliphatic carbocycles. The van der Waals surface area contributed by atoms with Crippen molar-refractivity contribution in [1.29, 1.82) is 0 Å². The van der Waals surface area contributed by atoms with Gasteiger partial charge >= 0.3 is 0 Å². The minimum atomic E-state index is 0.991. The van der Waals surface area contributed by atoms with Crippen molar-refractivity contribution in [1.82, 2.24) is 10.2 Å². The molecule has 1 N–H and O–H groups in total. The lowest BCUT2D eigenvalue weighted by atomic mass is 9.96. The molecule has 1 aromatic heterocycles. The van der Waals surface area contributed by atoms with E-state index in [9.17, 15) is 0 Å². The molecule has 132 valence electrons. The van der Waals surface area contributed by atoms with Gasteiger partial charge < -0.3 is 10.2 Å². The molecule has 3 aromatic rings. The monoisotopic (exact) mass is 360 g/mol. The molecule has 0 spiro atoms. The zero-order chi connectivity index (χ0) is 17.5. The number of nitrogens with one attached hydrogen (secondary N) is 1. The first kappa shape index (κ1) is 16.2. The Bertz CT molecular complexity index is 1040. The highest BCUT2D eigenvalue weighted by atomic mass is 32.1. The first-order chi connectivity index (χ1) is 12.8. The van der Waals surface area contributed by atoms with Crippen LogP contribution < -0.4 is 5.32 Å². The molecule has 0 bridgehead atoms. The smallest absolute Gasteiger partial charge is 0.0355 e. The zero-order valence-electron chi connectivity index (χ0n) is 15.2. The van der Waals surface area contributed by atoms with Crippen LogP contribution in [0.3, 0.4) is 0 Å². The van der Waals surface area contributed by atoms with Crippen LogP contribution >= 0.6 is 11.3 Å². The van der Waals surface area contributed by atoms with E-state index in [1.54, 1.807) is 0 Å². The molecule has 0 radical (unpaired) electrons. The van der Waals surface area contributed by atoms with Crippen molar-refractivity contribution in [3.05, 3.63) is 59.7 Å². The summed E-state index contributed by atoms with van der Waals surface area (Å²) >= 11 is 1.91. The van der Waals surface area contributed by atoms with Gasteiger partial charge in [-0.2, -0.15) is 0 Å². The predicted octanol–water partition coefficient (Wildman–Crippen LogP) is 5.15. The second-order valence-corrected chi connectivity index (χ2v) is 8.53. The lowest BCUT2D eigenvalue weighted by Crippen LogP contribution is -2.23. The van der Waals surface area contributed by atoms with E-state index < -0.39 is 0 Å². The molecule has 0 saturated carbocycles. The Morgan fingerprint density at radius 1 is 0.885 bits per heavy atom. The van der Waals surface area contributed by atoms with Gasteiger partial charge in [-0.15, -0.1) is 11.3 Å². The summed E-state index contributed by atoms with van der Waals surface area (Å²) in [5.74, 6) is 0. The Labute approximate surface area is 158 Å². The Kier molecular flexibility index (Phi) is 4.16. The summed E-state index contributed by atoms with van der Waals surface area (Å²) in [6.07, 6.45) is 7.01. The van der Waals surface area contributed by atoms with E-state index in [1.807, 2.05) is 11.3 Å². The average molecular weight is 361 g/mol. The molecule has 0 atom stereocenters. The van der Waals surface area contributed by atoms with Crippen LogP contribution in [0, 0.1) is 0 Å². The molecule has 2 aliphatic rings. The maximum atomic E-state index is 3.41. The number of fused-ring (bicyclic) bond motifs is 3. The van der Waals surface area contributed by atoms with Crippen molar-refractivity contribution in [2.24, 2.45) is 0 Å². The summed E-state index contributed by atoms with van der Waals surface area (Å²) in [6, 6.07) is 14.1. The SMILES string of the molecule is CN1CC=C(c2ccc3sc4ccc(C5=CCNCC5)cc4c3c2)CC1. The van der Waals surface area contributed by atoms with Gasteiger partial charge in [0, 0.05) is 39.8 Å². The molecule has 0 saturated heterocycles. The summed E-state index contributed by atoms with van der Waals surface area (Å²) in [7, 11) is 2.19. The van der Waals surface area contributed by atoms with Gasteiger partial charge in [0.15, 0.2) is 0 Å². The van der Waals surface area contributed by atoms with E-state index in [0.717, 1.165) is 39.0 Å². The zero-order valence-corrected chi connectivity index (χ0v) is 16.0. The maximum Gasteiger partial charge on any atom is 0.0355 e. The molecule has 2 aromatic carbocycles. The molecule has 5 rings (SSSR count). The van der Waals surface area contributed by atoms with Crippen LogP contribution in [0.1, 0.15) is 24.0 Å². The molecule has 2 aliphatic heterocycles. The highest BCUT2D eigenvalue weighted by molar-refractivity contribution is 7.25. The van der Waals surface area contributed by atoms with Gasteiger partial charge in [0.1, 0.15) is 0 Å². The Hall–Kier alpha value is -1.94. The molecular weight excluding hydrogens is 336 g/mol. The van der Waals surface area contributed by atoms with Crippen LogP contribution in [0.5, 0.6) is 0 Å². The average Bonchev–Trinajstić information content (AvgIpc) is 3.06. The molecule has 0 amide bonds. The molecule has 0 fully saturated rings. The van der Waals surface area contributed by atoms with E-state index in [2.05, 4.69) is 65.8 Å².